The Morgan fingerprint density at radius 3 is 2.38 bits per heavy atom. The minimum absolute atomic E-state index is 0.000923. The summed E-state index contributed by atoms with van der Waals surface area (Å²) in [7, 11) is 2.14. The van der Waals surface area contributed by atoms with Gasteiger partial charge in [-0.1, -0.05) is 0 Å². The lowest BCUT2D eigenvalue weighted by molar-refractivity contribution is -0.384. The monoisotopic (exact) mass is 331 g/mol. The number of likely N-dealkylation sites (tertiary alicyclic amines) is 1. The van der Waals surface area contributed by atoms with Crippen LogP contribution >= 0.6 is 0 Å². The van der Waals surface area contributed by atoms with E-state index >= 15 is 0 Å². The summed E-state index contributed by atoms with van der Waals surface area (Å²) in [6, 6.07) is 7.22. The largest absolute Gasteiger partial charge is 0.339 e. The van der Waals surface area contributed by atoms with E-state index in [0.29, 0.717) is 12.1 Å². The Balaban J connectivity index is 1.88. The average Bonchev–Trinajstić information content (AvgIpc) is 2.59. The lowest BCUT2D eigenvalue weighted by Crippen LogP contribution is -2.47. The van der Waals surface area contributed by atoms with Crippen molar-refractivity contribution >= 4 is 17.7 Å². The zero-order valence-electron chi connectivity index (χ0n) is 14.5. The molecule has 0 bridgehead atoms. The van der Waals surface area contributed by atoms with Crippen LogP contribution in [0.25, 0.3) is 6.08 Å². The third kappa shape index (κ3) is 4.64. The highest BCUT2D eigenvalue weighted by atomic mass is 16.6. The minimum atomic E-state index is -0.434. The molecule has 130 valence electrons. The molecule has 0 aromatic heterocycles. The van der Waals surface area contributed by atoms with Crippen molar-refractivity contribution in [2.75, 3.05) is 20.1 Å². The van der Waals surface area contributed by atoms with E-state index in [9.17, 15) is 14.9 Å². The number of hydrogen-bond donors (Lipinski definition) is 0. The summed E-state index contributed by atoms with van der Waals surface area (Å²) in [6.45, 7) is 5.91. The first-order chi connectivity index (χ1) is 11.4. The van der Waals surface area contributed by atoms with Crippen molar-refractivity contribution in [1.29, 1.82) is 0 Å². The van der Waals surface area contributed by atoms with Gasteiger partial charge in [0.05, 0.1) is 4.92 Å². The third-order valence-electron chi connectivity index (χ3n) is 4.69. The summed E-state index contributed by atoms with van der Waals surface area (Å²) < 4.78 is 0. The second-order valence-electron chi connectivity index (χ2n) is 6.50. The molecule has 1 saturated heterocycles. The lowest BCUT2D eigenvalue weighted by atomic mass is 10.0. The molecule has 6 heteroatoms. The van der Waals surface area contributed by atoms with E-state index in [4.69, 9.17) is 0 Å². The predicted octanol–water partition coefficient (Wildman–Crippen LogP) is 2.94. The summed E-state index contributed by atoms with van der Waals surface area (Å²) in [5, 5.41) is 10.6. The molecule has 0 N–H and O–H groups in total. The first kappa shape index (κ1) is 18.1. The standard InChI is InChI=1S/C18H25N3O3/c1-14(2)19(3)16-10-12-20(13-11-16)18(22)9-6-15-4-7-17(8-5-15)21(23)24/h4-9,14,16H,10-13H2,1-3H3/b9-6+. The smallest absolute Gasteiger partial charge is 0.269 e. The first-order valence-corrected chi connectivity index (χ1v) is 8.32. The topological polar surface area (TPSA) is 66.7 Å². The van der Waals surface area contributed by atoms with E-state index in [0.717, 1.165) is 31.5 Å². The fraction of sp³-hybridized carbons (Fsp3) is 0.500. The molecule has 1 aliphatic rings. The van der Waals surface area contributed by atoms with Crippen LogP contribution in [0.3, 0.4) is 0 Å². The molecule has 24 heavy (non-hydrogen) atoms. The van der Waals surface area contributed by atoms with Crippen molar-refractivity contribution in [2.45, 2.75) is 38.8 Å². The number of nitro groups is 1. The number of carbonyl (C=O) groups is 1. The van der Waals surface area contributed by atoms with Gasteiger partial charge in [-0.25, -0.2) is 0 Å². The Labute approximate surface area is 142 Å². The van der Waals surface area contributed by atoms with Crippen molar-refractivity contribution in [2.24, 2.45) is 0 Å². The number of nitrogens with zero attached hydrogens (tertiary/aromatic N) is 3. The summed E-state index contributed by atoms with van der Waals surface area (Å²) in [5.41, 5.74) is 0.832. The molecule has 0 atom stereocenters. The van der Waals surface area contributed by atoms with Crippen LogP contribution in [0.2, 0.25) is 0 Å². The Hall–Kier alpha value is -2.21. The number of piperidine rings is 1. The van der Waals surface area contributed by atoms with Gasteiger partial charge in [0, 0.05) is 43.4 Å². The summed E-state index contributed by atoms with van der Waals surface area (Å²) >= 11 is 0. The number of carbonyl (C=O) groups excluding carboxylic acids is 1. The summed E-state index contributed by atoms with van der Waals surface area (Å²) in [4.78, 5) is 26.7. The average molecular weight is 331 g/mol. The van der Waals surface area contributed by atoms with Crippen LogP contribution < -0.4 is 0 Å². The number of rotatable bonds is 5. The number of hydrogen-bond acceptors (Lipinski definition) is 4. The molecule has 0 aliphatic carbocycles. The van der Waals surface area contributed by atoms with E-state index in [-0.39, 0.29) is 11.6 Å². The Bertz CT molecular complexity index is 602. The SMILES string of the molecule is CC(C)N(C)C1CCN(C(=O)/C=C/c2ccc([N+](=O)[O-])cc2)CC1. The summed E-state index contributed by atoms with van der Waals surface area (Å²) in [6.07, 6.45) is 5.24. The normalized spacial score (nSPS) is 16.3. The second kappa shape index (κ2) is 8.06. The molecule has 0 radical (unpaired) electrons. The minimum Gasteiger partial charge on any atom is -0.339 e. The number of amides is 1. The zero-order valence-corrected chi connectivity index (χ0v) is 14.5. The molecular weight excluding hydrogens is 306 g/mol. The zero-order chi connectivity index (χ0) is 17.7. The fourth-order valence-corrected chi connectivity index (χ4v) is 2.90. The van der Waals surface area contributed by atoms with Crippen LogP contribution in [-0.4, -0.2) is 52.9 Å². The van der Waals surface area contributed by atoms with E-state index in [2.05, 4.69) is 25.8 Å². The molecule has 1 aliphatic heterocycles. The molecule has 1 aromatic carbocycles. The van der Waals surface area contributed by atoms with Crippen molar-refractivity contribution in [3.8, 4) is 0 Å². The van der Waals surface area contributed by atoms with Gasteiger partial charge >= 0.3 is 0 Å². The Morgan fingerprint density at radius 2 is 1.88 bits per heavy atom. The highest BCUT2D eigenvalue weighted by Crippen LogP contribution is 2.18. The van der Waals surface area contributed by atoms with Crippen LogP contribution in [0.5, 0.6) is 0 Å². The van der Waals surface area contributed by atoms with Crippen molar-refractivity contribution < 1.29 is 9.72 Å². The van der Waals surface area contributed by atoms with Crippen molar-refractivity contribution in [3.63, 3.8) is 0 Å². The van der Waals surface area contributed by atoms with Gasteiger partial charge in [-0.2, -0.15) is 0 Å². The van der Waals surface area contributed by atoms with Crippen LogP contribution in [0, 0.1) is 10.1 Å². The van der Waals surface area contributed by atoms with Crippen LogP contribution in [-0.2, 0) is 4.79 Å². The molecule has 2 rings (SSSR count). The van der Waals surface area contributed by atoms with Gasteiger partial charge in [-0.05, 0) is 57.5 Å². The maximum atomic E-state index is 12.3. The van der Waals surface area contributed by atoms with Gasteiger partial charge in [0.25, 0.3) is 5.69 Å². The lowest BCUT2D eigenvalue weighted by Gasteiger charge is -2.38. The van der Waals surface area contributed by atoms with Crippen LogP contribution in [0.15, 0.2) is 30.3 Å². The van der Waals surface area contributed by atoms with Gasteiger partial charge in [-0.15, -0.1) is 0 Å². The van der Waals surface area contributed by atoms with Crippen LogP contribution in [0.1, 0.15) is 32.3 Å². The van der Waals surface area contributed by atoms with E-state index < -0.39 is 4.92 Å². The summed E-state index contributed by atoms with van der Waals surface area (Å²) in [5.74, 6) is -0.000923. The Morgan fingerprint density at radius 1 is 1.29 bits per heavy atom. The Kier molecular flexibility index (Phi) is 6.09. The van der Waals surface area contributed by atoms with E-state index in [1.54, 1.807) is 24.3 Å². The number of nitro benzene ring substituents is 1. The molecule has 0 spiro atoms. The van der Waals surface area contributed by atoms with Gasteiger partial charge in [0.1, 0.15) is 0 Å². The second-order valence-corrected chi connectivity index (χ2v) is 6.50. The highest BCUT2D eigenvalue weighted by molar-refractivity contribution is 5.91. The third-order valence-corrected chi connectivity index (χ3v) is 4.69. The van der Waals surface area contributed by atoms with Crippen molar-refractivity contribution in [1.82, 2.24) is 9.80 Å². The molecule has 1 fully saturated rings. The first-order valence-electron chi connectivity index (χ1n) is 8.32. The van der Waals surface area contributed by atoms with Crippen LogP contribution in [0.4, 0.5) is 5.69 Å². The molecule has 0 unspecified atom stereocenters. The van der Waals surface area contributed by atoms with Crippen molar-refractivity contribution in [3.05, 3.63) is 46.0 Å². The molecular formula is C18H25N3O3. The predicted molar refractivity (Wildman–Crippen MR) is 94.6 cm³/mol. The molecule has 1 aromatic rings. The van der Waals surface area contributed by atoms with Gasteiger partial charge in [0.2, 0.25) is 5.91 Å². The quantitative estimate of drug-likeness (QED) is 0.473. The maximum absolute atomic E-state index is 12.3. The molecule has 1 amide bonds. The fourth-order valence-electron chi connectivity index (χ4n) is 2.90. The van der Waals surface area contributed by atoms with Gasteiger partial charge in [-0.3, -0.25) is 14.9 Å². The number of non-ortho nitro benzene ring substituents is 1. The molecule has 6 nitrogen and oxygen atoms in total. The molecule has 1 heterocycles. The van der Waals surface area contributed by atoms with Gasteiger partial charge < -0.3 is 9.80 Å². The number of benzene rings is 1. The highest BCUT2D eigenvalue weighted by Gasteiger charge is 2.25. The van der Waals surface area contributed by atoms with E-state index in [1.807, 2.05) is 4.90 Å². The van der Waals surface area contributed by atoms with E-state index in [1.165, 1.54) is 12.1 Å². The maximum Gasteiger partial charge on any atom is 0.269 e. The molecule has 0 saturated carbocycles. The van der Waals surface area contributed by atoms with Gasteiger partial charge in [0.15, 0.2) is 0 Å².